The number of piperidine rings is 1. The van der Waals surface area contributed by atoms with Crippen molar-refractivity contribution >= 4 is 39.5 Å². The summed E-state index contributed by atoms with van der Waals surface area (Å²) in [4.78, 5) is 47.5. The number of aromatic nitrogens is 1. The van der Waals surface area contributed by atoms with Gasteiger partial charge in [-0.15, -0.1) is 0 Å². The summed E-state index contributed by atoms with van der Waals surface area (Å²) < 4.78 is 0.790. The average Bonchev–Trinajstić information content (AvgIpc) is 2.94. The third-order valence-corrected chi connectivity index (χ3v) is 7.09. The van der Waals surface area contributed by atoms with Gasteiger partial charge in [0.05, 0.1) is 6.42 Å². The molecule has 204 valence electrons. The number of likely N-dealkylation sites (tertiary alicyclic amines) is 1. The highest BCUT2D eigenvalue weighted by Gasteiger charge is 2.29. The zero-order valence-corrected chi connectivity index (χ0v) is 23.9. The van der Waals surface area contributed by atoms with Crippen molar-refractivity contribution in [2.75, 3.05) is 32.5 Å². The first-order valence-electron chi connectivity index (χ1n) is 13.1. The summed E-state index contributed by atoms with van der Waals surface area (Å²) in [5.74, 6) is -0.651. The van der Waals surface area contributed by atoms with Gasteiger partial charge in [0.15, 0.2) is 0 Å². The molecule has 0 spiro atoms. The molecule has 39 heavy (non-hydrogen) atoms. The highest BCUT2D eigenvalue weighted by Crippen LogP contribution is 2.25. The number of benzene rings is 2. The summed E-state index contributed by atoms with van der Waals surface area (Å²) in [6.45, 7) is 2.06. The molecule has 1 fully saturated rings. The minimum absolute atomic E-state index is 0.186. The number of amides is 3. The minimum Gasteiger partial charge on any atom is -0.341 e. The summed E-state index contributed by atoms with van der Waals surface area (Å²) in [7, 11) is 4.06. The van der Waals surface area contributed by atoms with Gasteiger partial charge >= 0.3 is 0 Å². The van der Waals surface area contributed by atoms with Gasteiger partial charge in [-0.3, -0.25) is 14.4 Å². The van der Waals surface area contributed by atoms with Crippen LogP contribution in [0.15, 0.2) is 71.3 Å². The number of carbonyl (C=O) groups is 3. The number of pyridine rings is 1. The Bertz CT molecular complexity index is 1290. The molecule has 3 amide bonds. The van der Waals surface area contributed by atoms with E-state index in [9.17, 15) is 14.4 Å². The molecule has 1 aliphatic heterocycles. The van der Waals surface area contributed by atoms with Crippen molar-refractivity contribution < 1.29 is 14.4 Å². The summed E-state index contributed by atoms with van der Waals surface area (Å²) >= 11 is 3.32. The topological polar surface area (TPSA) is 94.6 Å². The molecule has 1 aromatic heterocycles. The normalized spacial score (nSPS) is 14.1. The highest BCUT2D eigenvalue weighted by molar-refractivity contribution is 9.10. The van der Waals surface area contributed by atoms with Gasteiger partial charge in [0.25, 0.3) is 5.91 Å². The molecule has 4 rings (SSSR count). The number of hydrogen-bond donors (Lipinski definition) is 2. The van der Waals surface area contributed by atoms with Crippen molar-refractivity contribution in [2.24, 2.45) is 0 Å². The molecule has 0 aliphatic carbocycles. The van der Waals surface area contributed by atoms with Crippen LogP contribution in [0.3, 0.4) is 0 Å². The summed E-state index contributed by atoms with van der Waals surface area (Å²) in [5, 5.41) is 5.55. The first kappa shape index (κ1) is 28.4. The van der Waals surface area contributed by atoms with Crippen LogP contribution in [-0.4, -0.2) is 65.7 Å². The highest BCUT2D eigenvalue weighted by atomic mass is 79.9. The van der Waals surface area contributed by atoms with Crippen LogP contribution in [0.25, 0.3) is 11.1 Å². The number of anilines is 1. The fraction of sp³-hybridized carbons (Fsp3) is 0.333. The Morgan fingerprint density at radius 1 is 0.974 bits per heavy atom. The first-order chi connectivity index (χ1) is 18.8. The number of hydrogen-bond acceptors (Lipinski definition) is 5. The van der Waals surface area contributed by atoms with Crippen molar-refractivity contribution in [2.45, 2.75) is 38.3 Å². The molecule has 8 nitrogen and oxygen atoms in total. The van der Waals surface area contributed by atoms with Gasteiger partial charge in [-0.25, -0.2) is 4.98 Å². The van der Waals surface area contributed by atoms with Crippen molar-refractivity contribution in [1.82, 2.24) is 20.1 Å². The molecule has 1 saturated heterocycles. The van der Waals surface area contributed by atoms with E-state index in [0.717, 1.165) is 41.4 Å². The number of nitrogens with one attached hydrogen (secondary N) is 2. The predicted octanol–water partition coefficient (Wildman–Crippen LogP) is 4.71. The van der Waals surface area contributed by atoms with E-state index < -0.39 is 17.9 Å². The third-order valence-electron chi connectivity index (χ3n) is 6.62. The molecule has 2 heterocycles. The summed E-state index contributed by atoms with van der Waals surface area (Å²) in [5.41, 5.74) is 3.73. The number of carbonyl (C=O) groups excluding carboxylic acids is 3. The molecular formula is C30H34BrN5O3. The molecule has 1 atom stereocenters. The molecule has 2 aromatic carbocycles. The van der Waals surface area contributed by atoms with Gasteiger partial charge in [0.1, 0.15) is 11.9 Å². The van der Waals surface area contributed by atoms with Gasteiger partial charge < -0.3 is 20.4 Å². The molecule has 0 bridgehead atoms. The number of rotatable bonds is 9. The zero-order chi connectivity index (χ0) is 27.8. The maximum atomic E-state index is 13.4. The molecule has 0 saturated carbocycles. The Kier molecular flexibility index (Phi) is 9.84. The molecule has 1 unspecified atom stereocenters. The van der Waals surface area contributed by atoms with E-state index in [4.69, 9.17) is 0 Å². The fourth-order valence-corrected chi connectivity index (χ4v) is 4.92. The van der Waals surface area contributed by atoms with E-state index in [1.165, 1.54) is 5.56 Å². The van der Waals surface area contributed by atoms with E-state index in [1.807, 2.05) is 38.4 Å². The Morgan fingerprint density at radius 2 is 1.69 bits per heavy atom. The average molecular weight is 593 g/mol. The molecule has 3 aromatic rings. The Labute approximate surface area is 237 Å². The quantitative estimate of drug-likeness (QED) is 0.376. The van der Waals surface area contributed by atoms with Crippen molar-refractivity contribution in [3.05, 3.63) is 82.5 Å². The molecule has 2 N–H and O–H groups in total. The van der Waals surface area contributed by atoms with Crippen molar-refractivity contribution in [3.8, 4) is 11.1 Å². The van der Waals surface area contributed by atoms with Gasteiger partial charge in [0, 0.05) is 35.9 Å². The van der Waals surface area contributed by atoms with Crippen LogP contribution < -0.4 is 10.6 Å². The Morgan fingerprint density at radius 3 is 2.36 bits per heavy atom. The van der Waals surface area contributed by atoms with E-state index in [1.54, 1.807) is 35.4 Å². The Balaban J connectivity index is 1.48. The Hall–Kier alpha value is -3.56. The van der Waals surface area contributed by atoms with E-state index in [-0.39, 0.29) is 12.3 Å². The van der Waals surface area contributed by atoms with Crippen LogP contribution in [0, 0.1) is 0 Å². The molecule has 0 radical (unpaired) electrons. The van der Waals surface area contributed by atoms with Gasteiger partial charge in [-0.05, 0) is 90.2 Å². The summed E-state index contributed by atoms with van der Waals surface area (Å²) in [6, 6.07) is 18.0. The second-order valence-corrected chi connectivity index (χ2v) is 10.9. The van der Waals surface area contributed by atoms with E-state index in [0.29, 0.717) is 24.5 Å². The minimum atomic E-state index is -0.980. The lowest BCUT2D eigenvalue weighted by atomic mass is 9.98. The van der Waals surface area contributed by atoms with Crippen molar-refractivity contribution in [3.63, 3.8) is 0 Å². The predicted molar refractivity (Wildman–Crippen MR) is 156 cm³/mol. The number of halogens is 1. The molecular weight excluding hydrogens is 558 g/mol. The van der Waals surface area contributed by atoms with Crippen LogP contribution >= 0.6 is 15.9 Å². The van der Waals surface area contributed by atoms with Gasteiger partial charge in [-0.1, -0.05) is 36.4 Å². The van der Waals surface area contributed by atoms with Crippen LogP contribution in [0.5, 0.6) is 0 Å². The zero-order valence-electron chi connectivity index (χ0n) is 22.3. The summed E-state index contributed by atoms with van der Waals surface area (Å²) in [6.07, 6.45) is 4.29. The second-order valence-electron chi connectivity index (χ2n) is 10.00. The second kappa shape index (κ2) is 13.5. The van der Waals surface area contributed by atoms with Gasteiger partial charge in [0.2, 0.25) is 11.8 Å². The van der Waals surface area contributed by atoms with Gasteiger partial charge in [-0.2, -0.15) is 0 Å². The van der Waals surface area contributed by atoms with E-state index in [2.05, 4.69) is 48.6 Å². The third kappa shape index (κ3) is 7.97. The maximum Gasteiger partial charge on any atom is 0.251 e. The van der Waals surface area contributed by atoms with Crippen LogP contribution in [0.2, 0.25) is 0 Å². The maximum absolute atomic E-state index is 13.4. The number of nitrogens with zero attached hydrogens (tertiary/aromatic N) is 3. The lowest BCUT2D eigenvalue weighted by molar-refractivity contribution is -0.135. The lowest BCUT2D eigenvalue weighted by Crippen LogP contribution is -2.51. The van der Waals surface area contributed by atoms with E-state index >= 15 is 0 Å². The SMILES string of the molecule is CN(C)Cc1ccccc1-c1ccc(C(=O)NC(CC(=O)Nc2ccc(Br)cn2)C(=O)N2CCCCC2)cc1. The standard InChI is InChI=1S/C30H34BrN5O3/c1-35(2)20-23-8-4-5-9-25(23)21-10-12-22(13-11-21)29(38)33-26(30(39)36-16-6-3-7-17-36)18-28(37)34-27-15-14-24(31)19-32-27/h4-5,8-15,19,26H,3,6-7,16-18,20H2,1-2H3,(H,33,38)(H,32,34,37). The largest absolute Gasteiger partial charge is 0.341 e. The van der Waals surface area contributed by atoms with Crippen LogP contribution in [0.1, 0.15) is 41.6 Å². The smallest absolute Gasteiger partial charge is 0.251 e. The molecule has 1 aliphatic rings. The van der Waals surface area contributed by atoms with Crippen LogP contribution in [0.4, 0.5) is 5.82 Å². The first-order valence-corrected chi connectivity index (χ1v) is 13.9. The lowest BCUT2D eigenvalue weighted by Gasteiger charge is -2.30. The monoisotopic (exact) mass is 591 g/mol. The van der Waals surface area contributed by atoms with Crippen molar-refractivity contribution in [1.29, 1.82) is 0 Å². The van der Waals surface area contributed by atoms with Crippen LogP contribution in [-0.2, 0) is 16.1 Å². The fourth-order valence-electron chi connectivity index (χ4n) is 4.69. The molecule has 9 heteroatoms.